The van der Waals surface area contributed by atoms with Crippen molar-refractivity contribution >= 4 is 17.3 Å². The summed E-state index contributed by atoms with van der Waals surface area (Å²) in [5.74, 6) is 2.25. The second-order valence-electron chi connectivity index (χ2n) is 6.50. The van der Waals surface area contributed by atoms with E-state index in [1.807, 2.05) is 24.3 Å². The van der Waals surface area contributed by atoms with Crippen LogP contribution < -0.4 is 14.4 Å². The first kappa shape index (κ1) is 18.6. The van der Waals surface area contributed by atoms with Gasteiger partial charge in [0.2, 0.25) is 5.95 Å². The maximum atomic E-state index is 5.55. The Labute approximate surface area is 168 Å². The normalized spacial score (nSPS) is 14.9. The molecule has 1 fully saturated rings. The number of hydrogen-bond acceptors (Lipinski definition) is 8. The van der Waals surface area contributed by atoms with Crippen LogP contribution in [0.5, 0.6) is 11.5 Å². The van der Waals surface area contributed by atoms with Gasteiger partial charge in [0.05, 0.1) is 25.5 Å². The molecule has 8 heteroatoms. The maximum Gasteiger partial charge on any atom is 0.225 e. The summed E-state index contributed by atoms with van der Waals surface area (Å²) in [4.78, 5) is 18.2. The quantitative estimate of drug-likeness (QED) is 0.634. The van der Waals surface area contributed by atoms with E-state index in [2.05, 4.69) is 25.1 Å². The number of ether oxygens (including phenoxy) is 2. The summed E-state index contributed by atoms with van der Waals surface area (Å²) < 4.78 is 11.0. The van der Waals surface area contributed by atoms with Gasteiger partial charge in [-0.2, -0.15) is 0 Å². The average molecular weight is 398 g/mol. The lowest BCUT2D eigenvalue weighted by molar-refractivity contribution is 0.246. The van der Waals surface area contributed by atoms with Crippen LogP contribution in [0.2, 0.25) is 0 Å². The lowest BCUT2D eigenvalue weighted by atomic mass is 10.2. The topological polar surface area (TPSA) is 63.6 Å². The van der Waals surface area contributed by atoms with E-state index in [-0.39, 0.29) is 0 Å². The fraction of sp³-hybridized carbons (Fsp3) is 0.350. The van der Waals surface area contributed by atoms with E-state index in [1.54, 1.807) is 38.0 Å². The molecule has 0 N–H and O–H groups in total. The summed E-state index contributed by atoms with van der Waals surface area (Å²) in [6, 6.07) is 7.72. The largest absolute Gasteiger partial charge is 0.493 e. The van der Waals surface area contributed by atoms with Crippen molar-refractivity contribution in [2.75, 3.05) is 45.3 Å². The first-order chi connectivity index (χ1) is 13.8. The predicted octanol–water partition coefficient (Wildman–Crippen LogP) is 2.94. The number of methoxy groups -OCH3 is 2. The van der Waals surface area contributed by atoms with E-state index < -0.39 is 0 Å². The van der Waals surface area contributed by atoms with Gasteiger partial charge in [0, 0.05) is 50.5 Å². The van der Waals surface area contributed by atoms with Gasteiger partial charge in [-0.15, -0.1) is 11.3 Å². The number of piperazine rings is 1. The number of benzene rings is 1. The third-order valence-corrected chi connectivity index (χ3v) is 5.70. The van der Waals surface area contributed by atoms with Crippen LogP contribution >= 0.6 is 11.3 Å². The minimum absolute atomic E-state index is 0.719. The molecule has 0 aliphatic carbocycles. The van der Waals surface area contributed by atoms with Crippen molar-refractivity contribution in [1.29, 1.82) is 0 Å². The first-order valence-corrected chi connectivity index (χ1v) is 10.1. The van der Waals surface area contributed by atoms with Crippen molar-refractivity contribution in [3.05, 3.63) is 47.7 Å². The number of nitrogens with zero attached hydrogens (tertiary/aromatic N) is 5. The fourth-order valence-electron chi connectivity index (χ4n) is 3.35. The molecule has 0 atom stereocenters. The van der Waals surface area contributed by atoms with Gasteiger partial charge in [-0.05, 0) is 18.2 Å². The van der Waals surface area contributed by atoms with Crippen LogP contribution in [0.15, 0.2) is 42.0 Å². The molecule has 146 valence electrons. The van der Waals surface area contributed by atoms with Crippen molar-refractivity contribution < 1.29 is 9.47 Å². The van der Waals surface area contributed by atoms with Crippen LogP contribution in [0.3, 0.4) is 0 Å². The first-order valence-electron chi connectivity index (χ1n) is 9.18. The summed E-state index contributed by atoms with van der Waals surface area (Å²) in [6.45, 7) is 4.61. The third-order valence-electron chi connectivity index (χ3n) is 4.78. The lowest BCUT2D eigenvalue weighted by Gasteiger charge is -2.34. The number of anilines is 1. The van der Waals surface area contributed by atoms with Gasteiger partial charge in [-0.25, -0.2) is 15.0 Å². The fourth-order valence-corrected chi connectivity index (χ4v) is 4.18. The second-order valence-corrected chi connectivity index (χ2v) is 7.36. The minimum atomic E-state index is 0.719. The van der Waals surface area contributed by atoms with Crippen LogP contribution in [0, 0.1) is 0 Å². The Balaban J connectivity index is 1.41. The van der Waals surface area contributed by atoms with E-state index in [4.69, 9.17) is 14.5 Å². The third kappa shape index (κ3) is 3.93. The van der Waals surface area contributed by atoms with E-state index in [0.29, 0.717) is 0 Å². The van der Waals surface area contributed by atoms with Gasteiger partial charge >= 0.3 is 0 Å². The highest BCUT2D eigenvalue weighted by Crippen LogP contribution is 2.39. The number of para-hydroxylation sites is 1. The number of rotatable bonds is 6. The second kappa shape index (κ2) is 8.53. The molecule has 0 radical (unpaired) electrons. The highest BCUT2D eigenvalue weighted by molar-refractivity contribution is 7.13. The molecule has 28 heavy (non-hydrogen) atoms. The molecule has 1 aromatic carbocycles. The van der Waals surface area contributed by atoms with E-state index >= 15 is 0 Å². The van der Waals surface area contributed by atoms with Crippen molar-refractivity contribution in [2.24, 2.45) is 0 Å². The zero-order valence-corrected chi connectivity index (χ0v) is 16.9. The van der Waals surface area contributed by atoms with Crippen LogP contribution in [0.1, 0.15) is 5.69 Å². The lowest BCUT2D eigenvalue weighted by Crippen LogP contribution is -2.46. The molecule has 7 nitrogen and oxygen atoms in total. The monoisotopic (exact) mass is 397 g/mol. The average Bonchev–Trinajstić information content (AvgIpc) is 3.22. The van der Waals surface area contributed by atoms with Crippen LogP contribution in [-0.2, 0) is 6.54 Å². The Morgan fingerprint density at radius 2 is 1.79 bits per heavy atom. The molecule has 3 aromatic rings. The Hall–Kier alpha value is -2.71. The molecule has 3 heterocycles. The Morgan fingerprint density at radius 3 is 2.50 bits per heavy atom. The Morgan fingerprint density at radius 1 is 1.00 bits per heavy atom. The van der Waals surface area contributed by atoms with Crippen molar-refractivity contribution in [3.8, 4) is 22.1 Å². The number of thiazole rings is 1. The summed E-state index contributed by atoms with van der Waals surface area (Å²) in [5, 5.41) is 3.07. The van der Waals surface area contributed by atoms with Crippen molar-refractivity contribution in [3.63, 3.8) is 0 Å². The van der Waals surface area contributed by atoms with Crippen LogP contribution in [-0.4, -0.2) is 60.3 Å². The highest BCUT2D eigenvalue weighted by Gasteiger charge is 2.20. The predicted molar refractivity (Wildman–Crippen MR) is 110 cm³/mol. The molecular formula is C20H23N5O2S. The Kier molecular flexibility index (Phi) is 5.68. The van der Waals surface area contributed by atoms with Gasteiger partial charge in [-0.1, -0.05) is 6.07 Å². The maximum absolute atomic E-state index is 5.55. The van der Waals surface area contributed by atoms with Gasteiger partial charge in [-0.3, -0.25) is 4.90 Å². The molecular weight excluding hydrogens is 374 g/mol. The number of hydrogen-bond donors (Lipinski definition) is 0. The molecule has 1 saturated heterocycles. The molecule has 1 aliphatic heterocycles. The molecule has 0 saturated carbocycles. The molecule has 4 rings (SSSR count). The van der Waals surface area contributed by atoms with Gasteiger partial charge in [0.25, 0.3) is 0 Å². The minimum Gasteiger partial charge on any atom is -0.493 e. The zero-order chi connectivity index (χ0) is 19.3. The summed E-state index contributed by atoms with van der Waals surface area (Å²) >= 11 is 1.63. The van der Waals surface area contributed by atoms with Crippen LogP contribution in [0.4, 0.5) is 5.95 Å². The molecule has 2 aromatic heterocycles. The Bertz CT molecular complexity index is 910. The zero-order valence-electron chi connectivity index (χ0n) is 16.0. The summed E-state index contributed by atoms with van der Waals surface area (Å²) in [6.07, 6.45) is 3.58. The summed E-state index contributed by atoms with van der Waals surface area (Å²) in [5.41, 5.74) is 2.04. The standard InChI is InChI=1S/C20H23N5O2S/c1-26-17-6-3-5-16(18(17)27-2)19-23-15(14-28-19)13-24-9-11-25(12-10-24)20-21-7-4-8-22-20/h3-8,14H,9-13H2,1-2H3. The molecule has 0 spiro atoms. The van der Waals surface area contributed by atoms with E-state index in [0.717, 1.165) is 66.4 Å². The van der Waals surface area contributed by atoms with Gasteiger partial charge in [0.15, 0.2) is 11.5 Å². The van der Waals surface area contributed by atoms with Crippen molar-refractivity contribution in [1.82, 2.24) is 19.9 Å². The molecule has 0 bridgehead atoms. The smallest absolute Gasteiger partial charge is 0.225 e. The molecule has 0 unspecified atom stereocenters. The highest BCUT2D eigenvalue weighted by atomic mass is 32.1. The summed E-state index contributed by atoms with van der Waals surface area (Å²) in [7, 11) is 3.31. The number of aromatic nitrogens is 3. The van der Waals surface area contributed by atoms with E-state index in [9.17, 15) is 0 Å². The van der Waals surface area contributed by atoms with E-state index in [1.165, 1.54) is 0 Å². The van der Waals surface area contributed by atoms with Gasteiger partial charge in [0.1, 0.15) is 5.01 Å². The van der Waals surface area contributed by atoms with Crippen molar-refractivity contribution in [2.45, 2.75) is 6.54 Å². The SMILES string of the molecule is COc1cccc(-c2nc(CN3CCN(c4ncccn4)CC3)cs2)c1OC. The van der Waals surface area contributed by atoms with Gasteiger partial charge < -0.3 is 14.4 Å². The molecule has 0 amide bonds. The molecule has 1 aliphatic rings. The van der Waals surface area contributed by atoms with Crippen LogP contribution in [0.25, 0.3) is 10.6 Å².